The predicted octanol–water partition coefficient (Wildman–Crippen LogP) is 5.16. The topological polar surface area (TPSA) is 39.2 Å². The maximum absolute atomic E-state index is 11.2. The average molecular weight is 325 g/mol. The second kappa shape index (κ2) is 8.09. The van der Waals surface area contributed by atoms with Crippen LogP contribution in [0, 0.1) is 0 Å². The monoisotopic (exact) mass is 325 g/mol. The fraction of sp³-hybridized carbons (Fsp3) is 0.429. The zero-order valence-electron chi connectivity index (χ0n) is 15.3. The van der Waals surface area contributed by atoms with E-state index in [1.165, 1.54) is 37.3 Å². The zero-order chi connectivity index (χ0) is 17.7. The lowest BCUT2D eigenvalue weighted by molar-refractivity contribution is -0.134. The lowest BCUT2D eigenvalue weighted by Gasteiger charge is -2.26. The van der Waals surface area contributed by atoms with Crippen LogP contribution in [0.1, 0.15) is 69.3 Å². The van der Waals surface area contributed by atoms with Gasteiger partial charge in [-0.15, -0.1) is 0 Å². The van der Waals surface area contributed by atoms with Crippen LogP contribution >= 0.6 is 0 Å². The Morgan fingerprint density at radius 3 is 2.62 bits per heavy atom. The first-order valence-corrected chi connectivity index (χ1v) is 8.54. The molecule has 0 aromatic carbocycles. The third-order valence-electron chi connectivity index (χ3n) is 4.64. The molecule has 0 saturated heterocycles. The number of ether oxygens (including phenoxy) is 1. The van der Waals surface area contributed by atoms with Crippen molar-refractivity contribution >= 4 is 11.5 Å². The largest absolute Gasteiger partial charge is 0.466 e. The van der Waals surface area contributed by atoms with Gasteiger partial charge in [-0.05, 0) is 61.3 Å². The summed E-state index contributed by atoms with van der Waals surface area (Å²) in [6.45, 7) is 8.49. The molecular weight excluding hydrogens is 298 g/mol. The van der Waals surface area contributed by atoms with E-state index in [-0.39, 0.29) is 5.97 Å². The van der Waals surface area contributed by atoms with E-state index in [1.807, 2.05) is 25.2 Å². The molecule has 3 heteroatoms. The van der Waals surface area contributed by atoms with Crippen LogP contribution in [-0.2, 0) is 9.53 Å². The third-order valence-corrected chi connectivity index (χ3v) is 4.64. The number of hydrogen-bond acceptors (Lipinski definition) is 3. The molecule has 2 atom stereocenters. The van der Waals surface area contributed by atoms with Crippen LogP contribution in [0.4, 0.5) is 0 Å². The average Bonchev–Trinajstić information content (AvgIpc) is 2.57. The van der Waals surface area contributed by atoms with Crippen LogP contribution in [0.15, 0.2) is 42.0 Å². The first-order chi connectivity index (χ1) is 11.4. The molecule has 0 saturated carbocycles. The van der Waals surface area contributed by atoms with Crippen molar-refractivity contribution in [2.24, 2.45) is 0 Å². The van der Waals surface area contributed by atoms with Gasteiger partial charge in [-0.2, -0.15) is 0 Å². The summed E-state index contributed by atoms with van der Waals surface area (Å²) in [6.07, 6.45) is 9.80. The number of fused-ring (bicyclic) bond motifs is 1. The van der Waals surface area contributed by atoms with Gasteiger partial charge in [0.1, 0.15) is 0 Å². The van der Waals surface area contributed by atoms with E-state index in [1.54, 1.807) is 0 Å². The van der Waals surface area contributed by atoms with Crippen LogP contribution in [0.3, 0.4) is 0 Å². The summed E-state index contributed by atoms with van der Waals surface area (Å²) in [5, 5.41) is 0. The molecule has 24 heavy (non-hydrogen) atoms. The fourth-order valence-corrected chi connectivity index (χ4v) is 3.03. The molecule has 0 bridgehead atoms. The molecule has 0 radical (unpaired) electrons. The van der Waals surface area contributed by atoms with Crippen molar-refractivity contribution in [3.63, 3.8) is 0 Å². The van der Waals surface area contributed by atoms with Crippen LogP contribution in [-0.4, -0.2) is 18.1 Å². The van der Waals surface area contributed by atoms with Crippen molar-refractivity contribution in [3.05, 3.63) is 59.0 Å². The van der Waals surface area contributed by atoms with Gasteiger partial charge in [-0.1, -0.05) is 38.1 Å². The second-order valence-electron chi connectivity index (χ2n) is 6.67. The number of carbonyl (C=O) groups is 1. The van der Waals surface area contributed by atoms with Crippen LogP contribution in [0.5, 0.6) is 0 Å². The summed E-state index contributed by atoms with van der Waals surface area (Å²) in [5.41, 5.74) is 5.65. The van der Waals surface area contributed by atoms with Gasteiger partial charge in [0.15, 0.2) is 0 Å². The molecule has 0 aliphatic heterocycles. The Kier molecular flexibility index (Phi) is 6.13. The number of pyridine rings is 1. The maximum Gasteiger partial charge on any atom is 0.330 e. The standard InChI is InChI=1S/C21H27NO2/c1-14(13-20(23)24-5)7-6-8-16(3)19-12-11-18-15(2)9-10-17(4)21(18)22-19/h6-8,11-13,15,17H,9-10H2,1-5H3. The molecule has 1 aliphatic carbocycles. The highest BCUT2D eigenvalue weighted by atomic mass is 16.5. The molecule has 2 unspecified atom stereocenters. The number of carbonyl (C=O) groups excluding carboxylic acids is 1. The SMILES string of the molecule is COC(=O)C=C(C)C=CC=C(C)c1ccc2c(n1)C(C)CCC2C. The van der Waals surface area contributed by atoms with E-state index in [2.05, 4.69) is 37.6 Å². The first kappa shape index (κ1) is 18.2. The van der Waals surface area contributed by atoms with E-state index >= 15 is 0 Å². The number of rotatable bonds is 4. The highest BCUT2D eigenvalue weighted by molar-refractivity contribution is 5.83. The number of aromatic nitrogens is 1. The molecule has 0 fully saturated rings. The Morgan fingerprint density at radius 2 is 1.92 bits per heavy atom. The molecule has 2 rings (SSSR count). The van der Waals surface area contributed by atoms with Crippen LogP contribution in [0.25, 0.3) is 5.57 Å². The second-order valence-corrected chi connectivity index (χ2v) is 6.67. The molecule has 1 heterocycles. The molecular formula is C21H27NO2. The lowest BCUT2D eigenvalue weighted by Crippen LogP contribution is -2.13. The highest BCUT2D eigenvalue weighted by Gasteiger charge is 2.23. The van der Waals surface area contributed by atoms with Crippen molar-refractivity contribution < 1.29 is 9.53 Å². The summed E-state index contributed by atoms with van der Waals surface area (Å²) < 4.78 is 4.61. The lowest BCUT2D eigenvalue weighted by atomic mass is 9.81. The molecule has 3 nitrogen and oxygen atoms in total. The van der Waals surface area contributed by atoms with Gasteiger partial charge in [0.25, 0.3) is 0 Å². The molecule has 1 aromatic rings. The molecule has 0 amide bonds. The number of hydrogen-bond donors (Lipinski definition) is 0. The van der Waals surface area contributed by atoms with Crippen molar-refractivity contribution in [1.29, 1.82) is 0 Å². The van der Waals surface area contributed by atoms with Gasteiger partial charge in [0, 0.05) is 11.8 Å². The van der Waals surface area contributed by atoms with E-state index < -0.39 is 0 Å². The maximum atomic E-state index is 11.2. The summed E-state index contributed by atoms with van der Waals surface area (Å²) in [6, 6.07) is 4.35. The van der Waals surface area contributed by atoms with Crippen molar-refractivity contribution in [3.8, 4) is 0 Å². The summed E-state index contributed by atoms with van der Waals surface area (Å²) >= 11 is 0. The van der Waals surface area contributed by atoms with Gasteiger partial charge in [0.05, 0.1) is 12.8 Å². The smallest absolute Gasteiger partial charge is 0.330 e. The summed E-state index contributed by atoms with van der Waals surface area (Å²) in [5.74, 6) is 0.801. The summed E-state index contributed by atoms with van der Waals surface area (Å²) in [4.78, 5) is 16.1. The van der Waals surface area contributed by atoms with E-state index in [0.717, 1.165) is 16.8 Å². The normalized spacial score (nSPS) is 21.7. The van der Waals surface area contributed by atoms with Crippen molar-refractivity contribution in [2.45, 2.75) is 52.4 Å². The Bertz CT molecular complexity index is 698. The van der Waals surface area contributed by atoms with Gasteiger partial charge in [-0.3, -0.25) is 4.98 Å². The Balaban J connectivity index is 2.18. The van der Waals surface area contributed by atoms with Gasteiger partial charge >= 0.3 is 5.97 Å². The minimum Gasteiger partial charge on any atom is -0.466 e. The van der Waals surface area contributed by atoms with Crippen LogP contribution < -0.4 is 0 Å². The predicted molar refractivity (Wildman–Crippen MR) is 98.9 cm³/mol. The van der Waals surface area contributed by atoms with Gasteiger partial charge in [0.2, 0.25) is 0 Å². The van der Waals surface area contributed by atoms with Crippen molar-refractivity contribution in [2.75, 3.05) is 7.11 Å². The van der Waals surface area contributed by atoms with E-state index in [0.29, 0.717) is 11.8 Å². The number of esters is 1. The molecule has 1 aliphatic rings. The van der Waals surface area contributed by atoms with Crippen LogP contribution in [0.2, 0.25) is 0 Å². The first-order valence-electron chi connectivity index (χ1n) is 8.54. The van der Waals surface area contributed by atoms with Gasteiger partial charge < -0.3 is 4.74 Å². The third kappa shape index (κ3) is 4.44. The molecule has 1 aromatic heterocycles. The molecule has 128 valence electrons. The van der Waals surface area contributed by atoms with E-state index in [9.17, 15) is 4.79 Å². The molecule has 0 N–H and O–H groups in total. The Hall–Kier alpha value is -2.16. The highest BCUT2D eigenvalue weighted by Crippen LogP contribution is 2.37. The van der Waals surface area contributed by atoms with E-state index in [4.69, 9.17) is 4.98 Å². The Morgan fingerprint density at radius 1 is 1.21 bits per heavy atom. The summed E-state index contributed by atoms with van der Waals surface area (Å²) in [7, 11) is 1.38. The van der Waals surface area contributed by atoms with Gasteiger partial charge in [-0.25, -0.2) is 4.79 Å². The minimum atomic E-state index is -0.336. The number of nitrogens with zero attached hydrogens (tertiary/aromatic N) is 1. The van der Waals surface area contributed by atoms with Crippen molar-refractivity contribution in [1.82, 2.24) is 4.98 Å². The fourth-order valence-electron chi connectivity index (χ4n) is 3.03. The molecule has 0 spiro atoms. The number of methoxy groups -OCH3 is 1. The zero-order valence-corrected chi connectivity index (χ0v) is 15.3. The Labute approximate surface area is 145 Å². The minimum absolute atomic E-state index is 0.336. The number of allylic oxidation sites excluding steroid dienone is 5. The quantitative estimate of drug-likeness (QED) is 0.436.